The van der Waals surface area contributed by atoms with Crippen LogP contribution in [0.4, 0.5) is 0 Å². The van der Waals surface area contributed by atoms with Crippen molar-refractivity contribution in [2.75, 3.05) is 0 Å². The summed E-state index contributed by atoms with van der Waals surface area (Å²) < 4.78 is 2.07. The zero-order valence-corrected chi connectivity index (χ0v) is 15.1. The molecule has 3 aromatic rings. The normalized spacial score (nSPS) is 15.2. The molecule has 2 heterocycles. The highest BCUT2D eigenvalue weighted by Gasteiger charge is 2.22. The van der Waals surface area contributed by atoms with E-state index in [-0.39, 0.29) is 0 Å². The number of nitrogens with zero attached hydrogens (tertiary/aromatic N) is 5. The van der Waals surface area contributed by atoms with Crippen molar-refractivity contribution in [1.82, 2.24) is 25.1 Å². The van der Waals surface area contributed by atoms with Crippen LogP contribution in [0.3, 0.4) is 0 Å². The molecule has 2 aromatic heterocycles. The van der Waals surface area contributed by atoms with Crippen LogP contribution in [0.2, 0.25) is 0 Å². The van der Waals surface area contributed by atoms with Gasteiger partial charge in [-0.2, -0.15) is 0 Å². The molecule has 6 heteroatoms. The van der Waals surface area contributed by atoms with Gasteiger partial charge in [-0.05, 0) is 40.3 Å². The standard InChI is InChI=1S/C19H23N5S/c1-2-7-16(8-3-1)13-23(14-18-11-6-12-25-18)15-19-20-21-22-24(19)17-9-4-5-10-17/h1-3,6-8,11-12,17H,4-5,9-10,13-15H2. The zero-order chi connectivity index (χ0) is 16.9. The summed E-state index contributed by atoms with van der Waals surface area (Å²) in [5.74, 6) is 0.986. The second-order valence-electron chi connectivity index (χ2n) is 6.69. The van der Waals surface area contributed by atoms with Gasteiger partial charge < -0.3 is 0 Å². The lowest BCUT2D eigenvalue weighted by molar-refractivity contribution is 0.234. The summed E-state index contributed by atoms with van der Waals surface area (Å²) in [4.78, 5) is 3.80. The molecule has 1 saturated carbocycles. The predicted molar refractivity (Wildman–Crippen MR) is 99.0 cm³/mol. The highest BCUT2D eigenvalue weighted by Crippen LogP contribution is 2.29. The van der Waals surface area contributed by atoms with Crippen LogP contribution in [-0.2, 0) is 19.6 Å². The van der Waals surface area contributed by atoms with E-state index in [2.05, 4.69) is 73.0 Å². The Labute approximate surface area is 152 Å². The highest BCUT2D eigenvalue weighted by molar-refractivity contribution is 7.09. The third kappa shape index (κ3) is 4.14. The smallest absolute Gasteiger partial charge is 0.165 e. The first-order valence-electron chi connectivity index (χ1n) is 8.94. The van der Waals surface area contributed by atoms with Crippen molar-refractivity contribution in [3.8, 4) is 0 Å². The Bertz CT molecular complexity index is 762. The van der Waals surface area contributed by atoms with Crippen LogP contribution in [0.1, 0.15) is 48.0 Å². The lowest BCUT2D eigenvalue weighted by Gasteiger charge is -2.22. The molecule has 0 N–H and O–H groups in total. The van der Waals surface area contributed by atoms with E-state index in [4.69, 9.17) is 0 Å². The molecule has 1 aromatic carbocycles. The topological polar surface area (TPSA) is 46.8 Å². The van der Waals surface area contributed by atoms with Gasteiger partial charge in [0, 0.05) is 18.0 Å². The fraction of sp³-hybridized carbons (Fsp3) is 0.421. The second-order valence-corrected chi connectivity index (χ2v) is 7.72. The minimum atomic E-state index is 0.477. The molecule has 4 rings (SSSR count). The summed E-state index contributed by atoms with van der Waals surface area (Å²) in [5.41, 5.74) is 1.32. The van der Waals surface area contributed by atoms with E-state index < -0.39 is 0 Å². The Balaban J connectivity index is 1.52. The average Bonchev–Trinajstić information content (AvgIpc) is 3.38. The van der Waals surface area contributed by atoms with Gasteiger partial charge in [0.1, 0.15) is 0 Å². The summed E-state index contributed by atoms with van der Waals surface area (Å²) >= 11 is 1.80. The number of thiophene rings is 1. The first kappa shape index (κ1) is 16.4. The number of rotatable bonds is 7. The minimum Gasteiger partial charge on any atom is -0.287 e. The summed E-state index contributed by atoms with van der Waals surface area (Å²) in [6, 6.07) is 15.4. The molecule has 0 amide bonds. The molecule has 1 aliphatic carbocycles. The second kappa shape index (κ2) is 7.89. The number of aromatic nitrogens is 4. The molecule has 0 aliphatic heterocycles. The summed E-state index contributed by atoms with van der Waals surface area (Å²) in [5, 5.41) is 14.7. The predicted octanol–water partition coefficient (Wildman–Crippen LogP) is 4.05. The summed E-state index contributed by atoms with van der Waals surface area (Å²) in [7, 11) is 0. The third-order valence-corrected chi connectivity index (χ3v) is 5.67. The van der Waals surface area contributed by atoms with Crippen LogP contribution >= 0.6 is 11.3 Å². The van der Waals surface area contributed by atoms with Crippen LogP contribution in [0.15, 0.2) is 47.8 Å². The van der Waals surface area contributed by atoms with Crippen molar-refractivity contribution >= 4 is 11.3 Å². The van der Waals surface area contributed by atoms with Crippen molar-refractivity contribution in [2.45, 2.75) is 51.4 Å². The lowest BCUT2D eigenvalue weighted by Crippen LogP contribution is -2.25. The number of hydrogen-bond acceptors (Lipinski definition) is 5. The van der Waals surface area contributed by atoms with Gasteiger partial charge in [0.05, 0.1) is 12.6 Å². The molecule has 0 bridgehead atoms. The van der Waals surface area contributed by atoms with Crippen molar-refractivity contribution in [2.24, 2.45) is 0 Å². The van der Waals surface area contributed by atoms with Crippen molar-refractivity contribution in [3.63, 3.8) is 0 Å². The number of tetrazole rings is 1. The molecule has 0 saturated heterocycles. The van der Waals surface area contributed by atoms with E-state index in [0.717, 1.165) is 25.5 Å². The van der Waals surface area contributed by atoms with Gasteiger partial charge in [0.15, 0.2) is 5.82 Å². The maximum Gasteiger partial charge on any atom is 0.165 e. The third-order valence-electron chi connectivity index (χ3n) is 4.81. The molecular weight excluding hydrogens is 330 g/mol. The summed E-state index contributed by atoms with van der Waals surface area (Å²) in [6.07, 6.45) is 4.96. The fourth-order valence-electron chi connectivity index (χ4n) is 3.58. The van der Waals surface area contributed by atoms with Crippen molar-refractivity contribution in [3.05, 3.63) is 64.1 Å². The molecule has 25 heavy (non-hydrogen) atoms. The largest absolute Gasteiger partial charge is 0.287 e. The Morgan fingerprint density at radius 1 is 1.00 bits per heavy atom. The Hall–Kier alpha value is -2.05. The van der Waals surface area contributed by atoms with Gasteiger partial charge in [-0.15, -0.1) is 16.4 Å². The van der Waals surface area contributed by atoms with E-state index in [1.54, 1.807) is 11.3 Å². The SMILES string of the molecule is c1ccc(CN(Cc2cccs2)Cc2nnnn2C2CCCC2)cc1. The molecular formula is C19H23N5S. The summed E-state index contributed by atoms with van der Waals surface area (Å²) in [6.45, 7) is 2.59. The molecule has 130 valence electrons. The average molecular weight is 353 g/mol. The van der Waals surface area contributed by atoms with Crippen LogP contribution < -0.4 is 0 Å². The molecule has 0 atom stereocenters. The van der Waals surface area contributed by atoms with E-state index in [1.807, 2.05) is 0 Å². The van der Waals surface area contributed by atoms with Gasteiger partial charge in [-0.1, -0.05) is 49.2 Å². The van der Waals surface area contributed by atoms with Gasteiger partial charge in [0.2, 0.25) is 0 Å². The Morgan fingerprint density at radius 2 is 1.84 bits per heavy atom. The van der Waals surface area contributed by atoms with Gasteiger partial charge >= 0.3 is 0 Å². The van der Waals surface area contributed by atoms with Crippen LogP contribution in [0, 0.1) is 0 Å². The number of hydrogen-bond donors (Lipinski definition) is 0. The molecule has 0 unspecified atom stereocenters. The van der Waals surface area contributed by atoms with E-state index in [9.17, 15) is 0 Å². The van der Waals surface area contributed by atoms with E-state index in [0.29, 0.717) is 6.04 Å². The van der Waals surface area contributed by atoms with Crippen LogP contribution in [-0.4, -0.2) is 25.1 Å². The van der Waals surface area contributed by atoms with Crippen LogP contribution in [0.5, 0.6) is 0 Å². The first-order chi connectivity index (χ1) is 12.4. The van der Waals surface area contributed by atoms with E-state index in [1.165, 1.54) is 36.1 Å². The molecule has 0 radical (unpaired) electrons. The highest BCUT2D eigenvalue weighted by atomic mass is 32.1. The fourth-order valence-corrected chi connectivity index (χ4v) is 4.33. The first-order valence-corrected chi connectivity index (χ1v) is 9.82. The van der Waals surface area contributed by atoms with Gasteiger partial charge in [-0.25, -0.2) is 4.68 Å². The van der Waals surface area contributed by atoms with Gasteiger partial charge in [0.25, 0.3) is 0 Å². The quantitative estimate of drug-likeness (QED) is 0.643. The zero-order valence-electron chi connectivity index (χ0n) is 14.3. The van der Waals surface area contributed by atoms with Crippen molar-refractivity contribution in [1.29, 1.82) is 0 Å². The van der Waals surface area contributed by atoms with E-state index >= 15 is 0 Å². The van der Waals surface area contributed by atoms with Crippen LogP contribution in [0.25, 0.3) is 0 Å². The molecule has 5 nitrogen and oxygen atoms in total. The molecule has 0 spiro atoms. The molecule has 1 aliphatic rings. The lowest BCUT2D eigenvalue weighted by atomic mass is 10.2. The monoisotopic (exact) mass is 353 g/mol. The maximum atomic E-state index is 4.34. The Morgan fingerprint density at radius 3 is 2.60 bits per heavy atom. The minimum absolute atomic E-state index is 0.477. The van der Waals surface area contributed by atoms with Crippen molar-refractivity contribution < 1.29 is 0 Å². The maximum absolute atomic E-state index is 4.34. The van der Waals surface area contributed by atoms with Gasteiger partial charge in [-0.3, -0.25) is 4.90 Å². The molecule has 1 fully saturated rings. The Kier molecular flexibility index (Phi) is 5.18. The number of benzene rings is 1.